The minimum atomic E-state index is -0.489. The number of nitrogens with zero attached hydrogens (tertiary/aromatic N) is 2. The molecule has 0 radical (unpaired) electrons. The third-order valence-electron chi connectivity index (χ3n) is 3.95. The fourth-order valence-electron chi connectivity index (χ4n) is 2.63. The lowest BCUT2D eigenvalue weighted by Gasteiger charge is -2.28. The molecule has 25 heavy (non-hydrogen) atoms. The Balaban J connectivity index is 1.65. The highest BCUT2D eigenvalue weighted by Crippen LogP contribution is 2.34. The number of amides is 1. The van der Waals surface area contributed by atoms with E-state index in [-0.39, 0.29) is 12.5 Å². The molecule has 0 aromatic heterocycles. The van der Waals surface area contributed by atoms with Crippen molar-refractivity contribution in [2.45, 2.75) is 4.90 Å². The second kappa shape index (κ2) is 7.61. The van der Waals surface area contributed by atoms with Crippen molar-refractivity contribution < 1.29 is 14.3 Å². The number of fused-ring (bicyclic) bond motifs is 1. The second-order valence-electron chi connectivity index (χ2n) is 5.88. The number of carbonyl (C=O) groups excluding carboxylic acids is 2. The van der Waals surface area contributed by atoms with Gasteiger partial charge < -0.3 is 14.5 Å². The van der Waals surface area contributed by atoms with E-state index in [0.717, 1.165) is 22.0 Å². The van der Waals surface area contributed by atoms with E-state index in [1.165, 1.54) is 0 Å². The normalized spacial score (nSPS) is 13.1. The monoisotopic (exact) mass is 356 g/mol. The summed E-state index contributed by atoms with van der Waals surface area (Å²) in [7, 11) is 3.81. The third kappa shape index (κ3) is 3.96. The van der Waals surface area contributed by atoms with Gasteiger partial charge in [0.2, 0.25) is 0 Å². The number of hydrogen-bond donors (Lipinski definition) is 0. The Hall–Kier alpha value is -2.47. The zero-order chi connectivity index (χ0) is 17.8. The average Bonchev–Trinajstić information content (AvgIpc) is 2.65. The minimum absolute atomic E-state index is 0.204. The first-order valence-corrected chi connectivity index (χ1v) is 9.01. The fraction of sp³-hybridized carbons (Fsp3) is 0.263. The lowest BCUT2D eigenvalue weighted by atomic mass is 10.2. The molecule has 0 bridgehead atoms. The predicted octanol–water partition coefficient (Wildman–Crippen LogP) is 3.05. The van der Waals surface area contributed by atoms with Gasteiger partial charge in [-0.1, -0.05) is 18.2 Å². The molecule has 0 aliphatic carbocycles. The Morgan fingerprint density at radius 2 is 1.96 bits per heavy atom. The van der Waals surface area contributed by atoms with Gasteiger partial charge in [-0.3, -0.25) is 4.79 Å². The molecule has 1 heterocycles. The zero-order valence-electron chi connectivity index (χ0n) is 14.3. The van der Waals surface area contributed by atoms with Gasteiger partial charge in [0, 0.05) is 37.0 Å². The van der Waals surface area contributed by atoms with Crippen molar-refractivity contribution in [2.75, 3.05) is 42.8 Å². The number of thioether (sulfide) groups is 1. The van der Waals surface area contributed by atoms with Crippen LogP contribution in [0.15, 0.2) is 53.4 Å². The van der Waals surface area contributed by atoms with E-state index in [9.17, 15) is 9.59 Å². The van der Waals surface area contributed by atoms with Crippen molar-refractivity contribution in [3.05, 3.63) is 54.1 Å². The van der Waals surface area contributed by atoms with Crippen molar-refractivity contribution >= 4 is 35.0 Å². The molecule has 0 fully saturated rings. The minimum Gasteiger partial charge on any atom is -0.452 e. The molecule has 2 aromatic carbocycles. The molecule has 2 aromatic rings. The van der Waals surface area contributed by atoms with E-state index in [0.29, 0.717) is 12.1 Å². The quantitative estimate of drug-likeness (QED) is 0.788. The Bertz CT molecular complexity index is 792. The molecule has 1 aliphatic rings. The number of para-hydroxylation sites is 1. The van der Waals surface area contributed by atoms with Crippen LogP contribution < -0.4 is 9.80 Å². The lowest BCUT2D eigenvalue weighted by Crippen LogP contribution is -2.38. The van der Waals surface area contributed by atoms with Gasteiger partial charge in [0.15, 0.2) is 6.61 Å². The van der Waals surface area contributed by atoms with Crippen molar-refractivity contribution in [3.63, 3.8) is 0 Å². The van der Waals surface area contributed by atoms with Gasteiger partial charge in [-0.25, -0.2) is 4.79 Å². The number of anilines is 2. The average molecular weight is 356 g/mol. The summed E-state index contributed by atoms with van der Waals surface area (Å²) in [6, 6.07) is 14.9. The van der Waals surface area contributed by atoms with E-state index in [2.05, 4.69) is 0 Å². The molecule has 6 heteroatoms. The second-order valence-corrected chi connectivity index (χ2v) is 7.02. The molecule has 0 saturated carbocycles. The van der Waals surface area contributed by atoms with E-state index in [4.69, 9.17) is 4.74 Å². The Morgan fingerprint density at radius 3 is 2.76 bits per heavy atom. The van der Waals surface area contributed by atoms with Crippen LogP contribution in [0.1, 0.15) is 10.4 Å². The first-order chi connectivity index (χ1) is 12.1. The first-order valence-electron chi connectivity index (χ1n) is 8.03. The molecule has 0 N–H and O–H groups in total. The van der Waals surface area contributed by atoms with E-state index in [1.807, 2.05) is 49.3 Å². The van der Waals surface area contributed by atoms with Crippen LogP contribution in [0.25, 0.3) is 0 Å². The highest BCUT2D eigenvalue weighted by Gasteiger charge is 2.23. The summed E-state index contributed by atoms with van der Waals surface area (Å²) in [5, 5.41) is 0. The summed E-state index contributed by atoms with van der Waals surface area (Å²) in [5.74, 6) is 0.142. The van der Waals surface area contributed by atoms with E-state index < -0.39 is 5.97 Å². The standard InChI is InChI=1S/C19H20N2O3S/c1-20(2)15-7-5-6-14(12-15)19(23)24-13-18(22)21-10-11-25-17-9-4-3-8-16(17)21/h3-9,12H,10-11,13H2,1-2H3. The topological polar surface area (TPSA) is 49.9 Å². The van der Waals surface area contributed by atoms with Crippen LogP contribution in [0, 0.1) is 0 Å². The Morgan fingerprint density at radius 1 is 1.16 bits per heavy atom. The largest absolute Gasteiger partial charge is 0.452 e. The van der Waals surface area contributed by atoms with Crippen molar-refractivity contribution in [2.24, 2.45) is 0 Å². The van der Waals surface area contributed by atoms with Gasteiger partial charge in [0.05, 0.1) is 11.3 Å². The molecule has 5 nitrogen and oxygen atoms in total. The first kappa shape index (κ1) is 17.4. The summed E-state index contributed by atoms with van der Waals surface area (Å²) < 4.78 is 5.24. The van der Waals surface area contributed by atoms with Gasteiger partial charge >= 0.3 is 5.97 Å². The molecule has 1 aliphatic heterocycles. The Kier molecular flexibility index (Phi) is 5.28. The van der Waals surface area contributed by atoms with Crippen LogP contribution in [-0.4, -0.2) is 44.9 Å². The maximum Gasteiger partial charge on any atom is 0.338 e. The summed E-state index contributed by atoms with van der Waals surface area (Å²) >= 11 is 1.73. The van der Waals surface area contributed by atoms with Crippen LogP contribution in [0.5, 0.6) is 0 Å². The molecular formula is C19H20N2O3S. The number of rotatable bonds is 4. The smallest absolute Gasteiger partial charge is 0.338 e. The van der Waals surface area contributed by atoms with Crippen LogP contribution in [0.4, 0.5) is 11.4 Å². The van der Waals surface area contributed by atoms with Crippen LogP contribution >= 0.6 is 11.8 Å². The highest BCUT2D eigenvalue weighted by molar-refractivity contribution is 7.99. The molecule has 3 rings (SSSR count). The van der Waals surface area contributed by atoms with Crippen molar-refractivity contribution in [1.29, 1.82) is 0 Å². The van der Waals surface area contributed by atoms with Gasteiger partial charge in [0.25, 0.3) is 5.91 Å². The highest BCUT2D eigenvalue weighted by atomic mass is 32.2. The Labute approximate surface area is 151 Å². The van der Waals surface area contributed by atoms with Gasteiger partial charge in [0.1, 0.15) is 0 Å². The molecule has 0 spiro atoms. The third-order valence-corrected chi connectivity index (χ3v) is 5.00. The van der Waals surface area contributed by atoms with Crippen LogP contribution in [-0.2, 0) is 9.53 Å². The zero-order valence-corrected chi connectivity index (χ0v) is 15.1. The predicted molar refractivity (Wildman–Crippen MR) is 101 cm³/mol. The van der Waals surface area contributed by atoms with Crippen molar-refractivity contribution in [3.8, 4) is 0 Å². The number of hydrogen-bond acceptors (Lipinski definition) is 5. The van der Waals surface area contributed by atoms with Gasteiger partial charge in [-0.05, 0) is 30.3 Å². The van der Waals surface area contributed by atoms with E-state index >= 15 is 0 Å². The number of carbonyl (C=O) groups is 2. The lowest BCUT2D eigenvalue weighted by molar-refractivity contribution is -0.121. The van der Waals surface area contributed by atoms with Crippen LogP contribution in [0.3, 0.4) is 0 Å². The molecule has 1 amide bonds. The number of ether oxygens (including phenoxy) is 1. The fourth-order valence-corrected chi connectivity index (χ4v) is 3.62. The van der Waals surface area contributed by atoms with Gasteiger partial charge in [-0.15, -0.1) is 11.8 Å². The SMILES string of the molecule is CN(C)c1cccc(C(=O)OCC(=O)N2CCSc3ccccc32)c1. The maximum absolute atomic E-state index is 12.5. The maximum atomic E-state index is 12.5. The number of esters is 1. The molecule has 130 valence electrons. The van der Waals surface area contributed by atoms with Crippen molar-refractivity contribution in [1.82, 2.24) is 0 Å². The molecule has 0 atom stereocenters. The van der Waals surface area contributed by atoms with Crippen LogP contribution in [0.2, 0.25) is 0 Å². The molecule has 0 unspecified atom stereocenters. The molecule has 0 saturated heterocycles. The van der Waals surface area contributed by atoms with Gasteiger partial charge in [-0.2, -0.15) is 0 Å². The number of benzene rings is 2. The molecular weight excluding hydrogens is 336 g/mol. The summed E-state index contributed by atoms with van der Waals surface area (Å²) in [6.07, 6.45) is 0. The summed E-state index contributed by atoms with van der Waals surface area (Å²) in [5.41, 5.74) is 2.23. The summed E-state index contributed by atoms with van der Waals surface area (Å²) in [6.45, 7) is 0.359. The van der Waals surface area contributed by atoms with E-state index in [1.54, 1.807) is 34.9 Å². The summed E-state index contributed by atoms with van der Waals surface area (Å²) in [4.78, 5) is 29.4.